The number of nitrogens with zero attached hydrogens (tertiary/aromatic N) is 1. The Hall–Kier alpha value is -0.380. The molecule has 84 valence electrons. The Balaban J connectivity index is 1.78. The summed E-state index contributed by atoms with van der Waals surface area (Å²) in [4.78, 5) is 4.03. The molecule has 0 bridgehead atoms. The molecule has 1 aromatic heterocycles. The third-order valence-electron chi connectivity index (χ3n) is 2.80. The molecule has 15 heavy (non-hydrogen) atoms. The van der Waals surface area contributed by atoms with Gasteiger partial charge in [0.2, 0.25) is 0 Å². The molecule has 2 heterocycles. The maximum absolute atomic E-state index is 3.61. The van der Waals surface area contributed by atoms with Gasteiger partial charge in [-0.15, -0.1) is 11.3 Å². The predicted octanol–water partition coefficient (Wildman–Crippen LogP) is 2.32. The van der Waals surface area contributed by atoms with Gasteiger partial charge in [-0.1, -0.05) is 19.9 Å². The lowest BCUT2D eigenvalue weighted by molar-refractivity contribution is 0.319. The van der Waals surface area contributed by atoms with Gasteiger partial charge in [-0.2, -0.15) is 0 Å². The highest BCUT2D eigenvalue weighted by atomic mass is 32.1. The monoisotopic (exact) mass is 224 g/mol. The maximum Gasteiger partial charge on any atom is 0.0328 e. The molecule has 0 radical (unpaired) electrons. The zero-order chi connectivity index (χ0) is 10.7. The van der Waals surface area contributed by atoms with Crippen molar-refractivity contribution in [2.75, 3.05) is 13.1 Å². The molecule has 1 aliphatic heterocycles. The maximum atomic E-state index is 3.61. The van der Waals surface area contributed by atoms with Gasteiger partial charge in [0.05, 0.1) is 0 Å². The Morgan fingerprint density at radius 2 is 2.47 bits per heavy atom. The van der Waals surface area contributed by atoms with Crippen LogP contribution in [0, 0.1) is 0 Å². The van der Waals surface area contributed by atoms with Gasteiger partial charge in [-0.3, -0.25) is 4.90 Å². The summed E-state index contributed by atoms with van der Waals surface area (Å²) >= 11 is 1.86. The summed E-state index contributed by atoms with van der Waals surface area (Å²) in [5.74, 6) is 0. The molecule has 0 aromatic carbocycles. The van der Waals surface area contributed by atoms with Crippen LogP contribution in [-0.2, 0) is 6.54 Å². The van der Waals surface area contributed by atoms with Crippen molar-refractivity contribution in [3.8, 4) is 0 Å². The smallest absolute Gasteiger partial charge is 0.0328 e. The van der Waals surface area contributed by atoms with Gasteiger partial charge in [0.1, 0.15) is 0 Å². The number of rotatable bonds is 4. The summed E-state index contributed by atoms with van der Waals surface area (Å²) in [7, 11) is 0. The first-order valence-corrected chi connectivity index (χ1v) is 6.63. The molecule has 0 aliphatic carbocycles. The Labute approximate surface area is 96.3 Å². The molecular formula is C12H20N2S. The Bertz CT molecular complexity index is 282. The lowest BCUT2D eigenvalue weighted by atomic mass is 10.2. The predicted molar refractivity (Wildman–Crippen MR) is 66.3 cm³/mol. The third kappa shape index (κ3) is 3.30. The molecule has 0 spiro atoms. The van der Waals surface area contributed by atoms with Crippen LogP contribution in [0.3, 0.4) is 0 Å². The van der Waals surface area contributed by atoms with Crippen molar-refractivity contribution < 1.29 is 0 Å². The number of nitrogens with one attached hydrogen (secondary N) is 1. The second kappa shape index (κ2) is 5.10. The summed E-state index contributed by atoms with van der Waals surface area (Å²) in [6, 6.07) is 5.68. The zero-order valence-corrected chi connectivity index (χ0v) is 10.4. The second-order valence-electron chi connectivity index (χ2n) is 4.62. The van der Waals surface area contributed by atoms with Crippen LogP contribution in [0.5, 0.6) is 0 Å². The highest BCUT2D eigenvalue weighted by Crippen LogP contribution is 2.16. The van der Waals surface area contributed by atoms with E-state index in [1.165, 1.54) is 24.4 Å². The molecule has 1 aromatic rings. The average molecular weight is 224 g/mol. The number of likely N-dealkylation sites (tertiary alicyclic amines) is 1. The molecule has 0 amide bonds. The van der Waals surface area contributed by atoms with Gasteiger partial charge in [0.15, 0.2) is 0 Å². The minimum absolute atomic E-state index is 0.608. The highest BCUT2D eigenvalue weighted by Gasteiger charge is 2.22. The molecule has 1 aliphatic rings. The summed E-state index contributed by atoms with van der Waals surface area (Å²) in [6.07, 6.45) is 1.30. The fraction of sp³-hybridized carbons (Fsp3) is 0.667. The standard InChI is InChI=1S/C12H20N2S/c1-10(2)13-11-5-6-14(8-11)9-12-4-3-7-15-12/h3-4,7,10-11,13H,5-6,8-9H2,1-2H3. The molecule has 1 unspecified atom stereocenters. The topological polar surface area (TPSA) is 15.3 Å². The van der Waals surface area contributed by atoms with Crippen molar-refractivity contribution in [1.29, 1.82) is 0 Å². The van der Waals surface area contributed by atoms with Crippen molar-refractivity contribution in [2.24, 2.45) is 0 Å². The van der Waals surface area contributed by atoms with E-state index in [2.05, 4.69) is 41.6 Å². The quantitative estimate of drug-likeness (QED) is 0.844. The zero-order valence-electron chi connectivity index (χ0n) is 9.57. The van der Waals surface area contributed by atoms with Crippen molar-refractivity contribution in [1.82, 2.24) is 10.2 Å². The van der Waals surface area contributed by atoms with E-state index in [9.17, 15) is 0 Å². The van der Waals surface area contributed by atoms with Crippen LogP contribution >= 0.6 is 11.3 Å². The molecule has 2 rings (SSSR count). The molecule has 1 N–H and O–H groups in total. The number of hydrogen-bond donors (Lipinski definition) is 1. The van der Waals surface area contributed by atoms with Crippen LogP contribution in [-0.4, -0.2) is 30.1 Å². The van der Waals surface area contributed by atoms with Gasteiger partial charge >= 0.3 is 0 Å². The number of thiophene rings is 1. The average Bonchev–Trinajstić information content (AvgIpc) is 2.77. The molecule has 1 saturated heterocycles. The minimum Gasteiger partial charge on any atom is -0.310 e. The van der Waals surface area contributed by atoms with Crippen molar-refractivity contribution >= 4 is 11.3 Å². The first-order valence-electron chi connectivity index (χ1n) is 5.75. The lowest BCUT2D eigenvalue weighted by Crippen LogP contribution is -2.36. The third-order valence-corrected chi connectivity index (χ3v) is 3.66. The van der Waals surface area contributed by atoms with E-state index in [0.29, 0.717) is 12.1 Å². The van der Waals surface area contributed by atoms with Crippen LogP contribution in [0.25, 0.3) is 0 Å². The van der Waals surface area contributed by atoms with Gasteiger partial charge in [0.25, 0.3) is 0 Å². The molecule has 1 fully saturated rings. The molecule has 0 saturated carbocycles. The van der Waals surface area contributed by atoms with Crippen LogP contribution in [0.2, 0.25) is 0 Å². The molecule has 3 heteroatoms. The Kier molecular flexibility index (Phi) is 3.78. The van der Waals surface area contributed by atoms with E-state index >= 15 is 0 Å². The Morgan fingerprint density at radius 1 is 1.60 bits per heavy atom. The minimum atomic E-state index is 0.608. The summed E-state index contributed by atoms with van der Waals surface area (Å²) in [5, 5.41) is 5.77. The van der Waals surface area contributed by atoms with Gasteiger partial charge in [-0.25, -0.2) is 0 Å². The van der Waals surface area contributed by atoms with Crippen LogP contribution in [0.1, 0.15) is 25.1 Å². The first kappa shape index (κ1) is 11.1. The van der Waals surface area contributed by atoms with E-state index in [-0.39, 0.29) is 0 Å². The van der Waals surface area contributed by atoms with Crippen molar-refractivity contribution in [3.05, 3.63) is 22.4 Å². The van der Waals surface area contributed by atoms with E-state index in [0.717, 1.165) is 6.54 Å². The van der Waals surface area contributed by atoms with Crippen LogP contribution in [0.15, 0.2) is 17.5 Å². The summed E-state index contributed by atoms with van der Waals surface area (Å²) in [5.41, 5.74) is 0. The second-order valence-corrected chi connectivity index (χ2v) is 5.65. The van der Waals surface area contributed by atoms with Gasteiger partial charge in [0, 0.05) is 36.6 Å². The lowest BCUT2D eigenvalue weighted by Gasteiger charge is -2.17. The van der Waals surface area contributed by atoms with Crippen molar-refractivity contribution in [3.63, 3.8) is 0 Å². The molecule has 2 nitrogen and oxygen atoms in total. The van der Waals surface area contributed by atoms with Crippen LogP contribution in [0.4, 0.5) is 0 Å². The molecule has 1 atom stereocenters. The SMILES string of the molecule is CC(C)NC1CCN(Cc2cccs2)C1. The van der Waals surface area contributed by atoms with Crippen LogP contribution < -0.4 is 5.32 Å². The van der Waals surface area contributed by atoms with E-state index < -0.39 is 0 Å². The van der Waals surface area contributed by atoms with Gasteiger partial charge < -0.3 is 5.32 Å². The normalized spacial score (nSPS) is 22.7. The fourth-order valence-corrected chi connectivity index (χ4v) is 2.95. The largest absolute Gasteiger partial charge is 0.310 e. The highest BCUT2D eigenvalue weighted by molar-refractivity contribution is 7.09. The van der Waals surface area contributed by atoms with Gasteiger partial charge in [-0.05, 0) is 17.9 Å². The number of hydrogen-bond acceptors (Lipinski definition) is 3. The summed E-state index contributed by atoms with van der Waals surface area (Å²) in [6.45, 7) is 8.02. The van der Waals surface area contributed by atoms with Crippen molar-refractivity contribution in [2.45, 2.75) is 38.9 Å². The fourth-order valence-electron chi connectivity index (χ4n) is 2.21. The van der Waals surface area contributed by atoms with E-state index in [4.69, 9.17) is 0 Å². The Morgan fingerprint density at radius 3 is 3.13 bits per heavy atom. The van der Waals surface area contributed by atoms with E-state index in [1.807, 2.05) is 11.3 Å². The molecular weight excluding hydrogens is 204 g/mol. The first-order chi connectivity index (χ1) is 7.24. The van der Waals surface area contributed by atoms with E-state index in [1.54, 1.807) is 0 Å². The summed E-state index contributed by atoms with van der Waals surface area (Å²) < 4.78 is 0.